The summed E-state index contributed by atoms with van der Waals surface area (Å²) in [7, 11) is 1.51. The van der Waals surface area contributed by atoms with Gasteiger partial charge in [-0.3, -0.25) is 4.79 Å². The third kappa shape index (κ3) is 2.52. The van der Waals surface area contributed by atoms with E-state index >= 15 is 0 Å². The molecular weight excluding hydrogens is 192 g/mol. The monoisotopic (exact) mass is 208 g/mol. The van der Waals surface area contributed by atoms with E-state index in [2.05, 4.69) is 9.97 Å². The molecule has 0 aliphatic rings. The molecule has 0 N–H and O–H groups in total. The number of hydrogen-bond donors (Lipinski definition) is 0. The maximum atomic E-state index is 11.8. The Bertz CT molecular complexity index is 362. The lowest BCUT2D eigenvalue weighted by Gasteiger charge is -2.08. The van der Waals surface area contributed by atoms with Gasteiger partial charge in [0.2, 0.25) is 5.88 Å². The van der Waals surface area contributed by atoms with Crippen molar-refractivity contribution in [2.24, 2.45) is 5.92 Å². The first-order valence-electron chi connectivity index (χ1n) is 5.04. The number of aromatic nitrogens is 2. The molecular formula is C11H16N2O2. The number of aryl methyl sites for hydroxylation is 1. The normalized spacial score (nSPS) is 10.5. The van der Waals surface area contributed by atoms with E-state index in [1.54, 1.807) is 6.20 Å². The van der Waals surface area contributed by atoms with Gasteiger partial charge in [-0.15, -0.1) is 0 Å². The highest BCUT2D eigenvalue weighted by Gasteiger charge is 2.17. The number of Topliss-reactive ketones (excluding diaryl/α,β-unsaturated/α-hetero) is 1. The fourth-order valence-electron chi connectivity index (χ4n) is 1.21. The molecule has 0 unspecified atom stereocenters. The highest BCUT2D eigenvalue weighted by molar-refractivity contribution is 5.99. The Hall–Kier alpha value is -1.45. The van der Waals surface area contributed by atoms with E-state index in [1.165, 1.54) is 7.11 Å². The van der Waals surface area contributed by atoms with E-state index in [0.717, 1.165) is 6.42 Å². The molecule has 82 valence electrons. The van der Waals surface area contributed by atoms with Crippen molar-refractivity contribution in [3.63, 3.8) is 0 Å². The largest absolute Gasteiger partial charge is 0.480 e. The summed E-state index contributed by atoms with van der Waals surface area (Å²) in [6.07, 6.45) is 2.28. The van der Waals surface area contributed by atoms with Crippen LogP contribution < -0.4 is 4.74 Å². The molecule has 0 atom stereocenters. The molecule has 0 radical (unpaired) electrons. The van der Waals surface area contributed by atoms with Gasteiger partial charge in [-0.2, -0.15) is 4.98 Å². The van der Waals surface area contributed by atoms with Gasteiger partial charge in [-0.25, -0.2) is 4.98 Å². The summed E-state index contributed by atoms with van der Waals surface area (Å²) < 4.78 is 5.09. The van der Waals surface area contributed by atoms with Crippen LogP contribution in [0.4, 0.5) is 0 Å². The highest BCUT2D eigenvalue weighted by Crippen LogP contribution is 2.18. The molecule has 0 aromatic carbocycles. The summed E-state index contributed by atoms with van der Waals surface area (Å²) >= 11 is 0. The van der Waals surface area contributed by atoms with Gasteiger partial charge in [0, 0.05) is 18.5 Å². The Morgan fingerprint density at radius 3 is 2.67 bits per heavy atom. The smallest absolute Gasteiger partial charge is 0.227 e. The second kappa shape index (κ2) is 4.87. The van der Waals surface area contributed by atoms with E-state index in [9.17, 15) is 4.79 Å². The third-order valence-corrected chi connectivity index (χ3v) is 2.10. The Labute approximate surface area is 89.7 Å². The van der Waals surface area contributed by atoms with Crippen LogP contribution in [0, 0.1) is 5.92 Å². The number of rotatable bonds is 4. The molecule has 4 heteroatoms. The maximum Gasteiger partial charge on any atom is 0.227 e. The molecule has 0 aliphatic carbocycles. The molecule has 0 fully saturated rings. The highest BCUT2D eigenvalue weighted by atomic mass is 16.5. The van der Waals surface area contributed by atoms with Crippen LogP contribution in [0.3, 0.4) is 0 Å². The number of carbonyl (C=O) groups excluding carboxylic acids is 1. The number of methoxy groups -OCH3 is 1. The Morgan fingerprint density at radius 1 is 1.53 bits per heavy atom. The van der Waals surface area contributed by atoms with Crippen molar-refractivity contribution in [3.05, 3.63) is 17.6 Å². The van der Waals surface area contributed by atoms with Gasteiger partial charge in [0.1, 0.15) is 5.82 Å². The minimum Gasteiger partial charge on any atom is -0.480 e. The van der Waals surface area contributed by atoms with Crippen LogP contribution in [0.25, 0.3) is 0 Å². The third-order valence-electron chi connectivity index (χ3n) is 2.10. The summed E-state index contributed by atoms with van der Waals surface area (Å²) in [6, 6.07) is 0. The van der Waals surface area contributed by atoms with E-state index in [0.29, 0.717) is 17.3 Å². The van der Waals surface area contributed by atoms with Crippen molar-refractivity contribution in [3.8, 4) is 5.88 Å². The van der Waals surface area contributed by atoms with Gasteiger partial charge in [-0.05, 0) is 0 Å². The topological polar surface area (TPSA) is 52.1 Å². The molecule has 1 heterocycles. The van der Waals surface area contributed by atoms with Gasteiger partial charge in [0.05, 0.1) is 12.7 Å². The van der Waals surface area contributed by atoms with Crippen molar-refractivity contribution < 1.29 is 9.53 Å². The van der Waals surface area contributed by atoms with Gasteiger partial charge < -0.3 is 4.74 Å². The van der Waals surface area contributed by atoms with Gasteiger partial charge >= 0.3 is 0 Å². The van der Waals surface area contributed by atoms with Gasteiger partial charge in [0.25, 0.3) is 0 Å². The SMILES string of the molecule is CCc1ncc(C(=O)C(C)C)c(OC)n1. The lowest BCUT2D eigenvalue weighted by molar-refractivity contribution is 0.0935. The summed E-state index contributed by atoms with van der Waals surface area (Å²) in [4.78, 5) is 20.0. The van der Waals surface area contributed by atoms with E-state index in [4.69, 9.17) is 4.74 Å². The lowest BCUT2D eigenvalue weighted by atomic mass is 10.0. The van der Waals surface area contributed by atoms with Crippen LogP contribution in [-0.4, -0.2) is 22.9 Å². The zero-order valence-electron chi connectivity index (χ0n) is 9.57. The van der Waals surface area contributed by atoms with E-state index in [1.807, 2.05) is 20.8 Å². The summed E-state index contributed by atoms with van der Waals surface area (Å²) in [6.45, 7) is 5.64. The second-order valence-electron chi connectivity index (χ2n) is 3.58. The number of ketones is 1. The first-order chi connectivity index (χ1) is 7.10. The fourth-order valence-corrected chi connectivity index (χ4v) is 1.21. The zero-order valence-corrected chi connectivity index (χ0v) is 9.57. The standard InChI is InChI=1S/C11H16N2O2/c1-5-9-12-6-8(10(14)7(2)3)11(13-9)15-4/h6-7H,5H2,1-4H3. The Balaban J connectivity index is 3.13. The Kier molecular flexibility index (Phi) is 3.77. The fraction of sp³-hybridized carbons (Fsp3) is 0.545. The average Bonchev–Trinajstić information content (AvgIpc) is 2.27. The van der Waals surface area contributed by atoms with Crippen molar-refractivity contribution in [2.45, 2.75) is 27.2 Å². The first-order valence-corrected chi connectivity index (χ1v) is 5.04. The number of nitrogens with zero attached hydrogens (tertiary/aromatic N) is 2. The molecule has 15 heavy (non-hydrogen) atoms. The average molecular weight is 208 g/mol. The Morgan fingerprint density at radius 2 is 2.20 bits per heavy atom. The molecule has 0 bridgehead atoms. The van der Waals surface area contributed by atoms with Crippen LogP contribution in [0.1, 0.15) is 37.0 Å². The van der Waals surface area contributed by atoms with Crippen molar-refractivity contribution >= 4 is 5.78 Å². The van der Waals surface area contributed by atoms with E-state index < -0.39 is 0 Å². The molecule has 0 spiro atoms. The number of hydrogen-bond acceptors (Lipinski definition) is 4. The lowest BCUT2D eigenvalue weighted by Crippen LogP contribution is -2.12. The molecule has 1 rings (SSSR count). The molecule has 1 aromatic heterocycles. The van der Waals surface area contributed by atoms with Crippen LogP contribution in [-0.2, 0) is 6.42 Å². The maximum absolute atomic E-state index is 11.8. The van der Waals surface area contributed by atoms with E-state index in [-0.39, 0.29) is 11.7 Å². The molecule has 0 aliphatic heterocycles. The second-order valence-corrected chi connectivity index (χ2v) is 3.58. The zero-order chi connectivity index (χ0) is 11.4. The summed E-state index contributed by atoms with van der Waals surface area (Å²) in [5.41, 5.74) is 0.463. The molecule has 0 saturated carbocycles. The van der Waals surface area contributed by atoms with Gasteiger partial charge in [-0.1, -0.05) is 20.8 Å². The number of carbonyl (C=O) groups is 1. The van der Waals surface area contributed by atoms with Crippen molar-refractivity contribution in [1.29, 1.82) is 0 Å². The minimum atomic E-state index is -0.0741. The summed E-state index contributed by atoms with van der Waals surface area (Å²) in [5, 5.41) is 0. The molecule has 0 saturated heterocycles. The van der Waals surface area contributed by atoms with Gasteiger partial charge in [0.15, 0.2) is 5.78 Å². The first kappa shape index (κ1) is 11.6. The molecule has 4 nitrogen and oxygen atoms in total. The molecule has 0 amide bonds. The van der Waals surface area contributed by atoms with Crippen LogP contribution >= 0.6 is 0 Å². The molecule has 1 aromatic rings. The minimum absolute atomic E-state index is 0.00880. The number of ether oxygens (including phenoxy) is 1. The summed E-state index contributed by atoms with van der Waals surface area (Å²) in [5.74, 6) is 0.997. The van der Waals surface area contributed by atoms with Crippen molar-refractivity contribution in [1.82, 2.24) is 9.97 Å². The quantitative estimate of drug-likeness (QED) is 0.709. The van der Waals surface area contributed by atoms with Crippen LogP contribution in [0.2, 0.25) is 0 Å². The predicted octanol–water partition coefficient (Wildman–Crippen LogP) is 1.89. The van der Waals surface area contributed by atoms with Crippen LogP contribution in [0.15, 0.2) is 6.20 Å². The van der Waals surface area contributed by atoms with Crippen LogP contribution in [0.5, 0.6) is 5.88 Å². The van der Waals surface area contributed by atoms with Crippen molar-refractivity contribution in [2.75, 3.05) is 7.11 Å². The predicted molar refractivity (Wildman–Crippen MR) is 57.1 cm³/mol.